The predicted molar refractivity (Wildman–Crippen MR) is 69.9 cm³/mol. The third-order valence-corrected chi connectivity index (χ3v) is 2.95. The van der Waals surface area contributed by atoms with Crippen LogP contribution in [0.25, 0.3) is 0 Å². The van der Waals surface area contributed by atoms with Gasteiger partial charge in [-0.1, -0.05) is 17.7 Å². The first-order chi connectivity index (χ1) is 8.97. The van der Waals surface area contributed by atoms with Crippen molar-refractivity contribution in [2.24, 2.45) is 0 Å². The highest BCUT2D eigenvalue weighted by Gasteiger charge is 2.30. The van der Waals surface area contributed by atoms with Crippen LogP contribution in [0.3, 0.4) is 0 Å². The fourth-order valence-corrected chi connectivity index (χ4v) is 1.85. The highest BCUT2D eigenvalue weighted by molar-refractivity contribution is 6.31. The van der Waals surface area contributed by atoms with E-state index in [1.165, 1.54) is 0 Å². The lowest BCUT2D eigenvalue weighted by atomic mass is 10.2. The monoisotopic (exact) mass is 281 g/mol. The van der Waals surface area contributed by atoms with Crippen molar-refractivity contribution < 1.29 is 14.4 Å². The molecule has 0 radical (unpaired) electrons. The standard InChI is InChI=1S/C12H12ClN3O3/c1-7-2-3-8(13)4-9(7)15-10(17)6-16-11(18)5-14-12(16)19/h2-4H,5-6H2,1H3,(H,14,19)(H,15,17). The number of urea groups is 1. The molecule has 4 amide bonds. The van der Waals surface area contributed by atoms with Gasteiger partial charge in [-0.2, -0.15) is 0 Å². The van der Waals surface area contributed by atoms with Crippen LogP contribution < -0.4 is 10.6 Å². The lowest BCUT2D eigenvalue weighted by molar-refractivity contribution is -0.128. The van der Waals surface area contributed by atoms with Crippen LogP contribution in [0.4, 0.5) is 10.5 Å². The number of hydrogen-bond acceptors (Lipinski definition) is 3. The van der Waals surface area contributed by atoms with E-state index in [9.17, 15) is 14.4 Å². The summed E-state index contributed by atoms with van der Waals surface area (Å²) in [6.07, 6.45) is 0. The van der Waals surface area contributed by atoms with Gasteiger partial charge >= 0.3 is 6.03 Å². The van der Waals surface area contributed by atoms with Crippen LogP contribution in [-0.2, 0) is 9.59 Å². The molecular weight excluding hydrogens is 270 g/mol. The van der Waals surface area contributed by atoms with Crippen molar-refractivity contribution in [3.8, 4) is 0 Å². The van der Waals surface area contributed by atoms with Gasteiger partial charge in [0.25, 0.3) is 5.91 Å². The Labute approximate surface area is 114 Å². The number of nitrogens with one attached hydrogen (secondary N) is 2. The summed E-state index contributed by atoms with van der Waals surface area (Å²) in [4.78, 5) is 35.3. The molecule has 0 aromatic heterocycles. The van der Waals surface area contributed by atoms with E-state index in [2.05, 4.69) is 10.6 Å². The number of hydrogen-bond donors (Lipinski definition) is 2. The van der Waals surface area contributed by atoms with Crippen molar-refractivity contribution in [3.63, 3.8) is 0 Å². The van der Waals surface area contributed by atoms with E-state index in [1.54, 1.807) is 18.2 Å². The number of carbonyl (C=O) groups is 3. The number of benzene rings is 1. The van der Waals surface area contributed by atoms with Crippen LogP contribution >= 0.6 is 11.6 Å². The van der Waals surface area contributed by atoms with Gasteiger partial charge in [-0.05, 0) is 24.6 Å². The lowest BCUT2D eigenvalue weighted by Crippen LogP contribution is -2.38. The molecule has 0 bridgehead atoms. The van der Waals surface area contributed by atoms with Crippen LogP contribution in [0.5, 0.6) is 0 Å². The van der Waals surface area contributed by atoms with Gasteiger partial charge in [0.2, 0.25) is 5.91 Å². The van der Waals surface area contributed by atoms with Gasteiger partial charge in [-0.15, -0.1) is 0 Å². The van der Waals surface area contributed by atoms with E-state index in [1.807, 2.05) is 6.92 Å². The molecule has 100 valence electrons. The quantitative estimate of drug-likeness (QED) is 0.816. The molecule has 1 aliphatic heterocycles. The molecule has 2 rings (SSSR count). The average molecular weight is 282 g/mol. The SMILES string of the molecule is Cc1ccc(Cl)cc1NC(=O)CN1C(=O)CNC1=O. The normalized spacial score (nSPS) is 14.5. The molecule has 6 nitrogen and oxygen atoms in total. The third kappa shape index (κ3) is 3.03. The Morgan fingerprint density at radius 2 is 2.21 bits per heavy atom. The molecule has 19 heavy (non-hydrogen) atoms. The van der Waals surface area contributed by atoms with Gasteiger partial charge in [-0.25, -0.2) is 4.79 Å². The Balaban J connectivity index is 2.03. The van der Waals surface area contributed by atoms with Gasteiger partial charge in [0, 0.05) is 10.7 Å². The molecule has 1 aliphatic rings. The molecule has 1 saturated heterocycles. The van der Waals surface area contributed by atoms with Gasteiger partial charge in [0.15, 0.2) is 0 Å². The zero-order valence-electron chi connectivity index (χ0n) is 10.2. The maximum absolute atomic E-state index is 11.8. The molecular formula is C12H12ClN3O3. The topological polar surface area (TPSA) is 78.5 Å². The van der Waals surface area contributed by atoms with Gasteiger partial charge in [0.1, 0.15) is 6.54 Å². The van der Waals surface area contributed by atoms with Gasteiger partial charge < -0.3 is 10.6 Å². The first kappa shape index (κ1) is 13.4. The molecule has 1 aromatic rings. The Hall–Kier alpha value is -2.08. The second kappa shape index (κ2) is 5.27. The summed E-state index contributed by atoms with van der Waals surface area (Å²) in [5.74, 6) is -0.862. The summed E-state index contributed by atoms with van der Waals surface area (Å²) in [6, 6.07) is 4.54. The van der Waals surface area contributed by atoms with Gasteiger partial charge in [0.05, 0.1) is 6.54 Å². The van der Waals surface area contributed by atoms with Crippen LogP contribution in [0.1, 0.15) is 5.56 Å². The second-order valence-electron chi connectivity index (χ2n) is 4.15. The van der Waals surface area contributed by atoms with Crippen LogP contribution in [0.15, 0.2) is 18.2 Å². The number of nitrogens with zero attached hydrogens (tertiary/aromatic N) is 1. The highest BCUT2D eigenvalue weighted by Crippen LogP contribution is 2.20. The van der Waals surface area contributed by atoms with E-state index in [0.717, 1.165) is 10.5 Å². The minimum Gasteiger partial charge on any atom is -0.329 e. The number of aryl methyl sites for hydroxylation is 1. The summed E-state index contributed by atoms with van der Waals surface area (Å²) >= 11 is 5.84. The van der Waals surface area contributed by atoms with Crippen LogP contribution in [0.2, 0.25) is 5.02 Å². The van der Waals surface area contributed by atoms with E-state index in [-0.39, 0.29) is 13.1 Å². The van der Waals surface area contributed by atoms with Crippen molar-refractivity contribution in [2.75, 3.05) is 18.4 Å². The number of halogens is 1. The Bertz CT molecular complexity index is 543. The number of carbonyl (C=O) groups excluding carboxylic acids is 3. The molecule has 1 fully saturated rings. The Morgan fingerprint density at radius 1 is 1.47 bits per heavy atom. The predicted octanol–water partition coefficient (Wildman–Crippen LogP) is 1.14. The van der Waals surface area contributed by atoms with Crippen molar-refractivity contribution in [1.29, 1.82) is 0 Å². The van der Waals surface area contributed by atoms with Crippen molar-refractivity contribution in [1.82, 2.24) is 10.2 Å². The minimum absolute atomic E-state index is 0.0672. The number of amides is 4. The minimum atomic E-state index is -0.553. The highest BCUT2D eigenvalue weighted by atomic mass is 35.5. The number of anilines is 1. The Morgan fingerprint density at radius 3 is 2.84 bits per heavy atom. The maximum atomic E-state index is 11.8. The summed E-state index contributed by atoms with van der Waals surface area (Å²) in [5, 5.41) is 5.46. The molecule has 0 saturated carbocycles. The first-order valence-corrected chi connectivity index (χ1v) is 5.99. The molecule has 2 N–H and O–H groups in total. The lowest BCUT2D eigenvalue weighted by Gasteiger charge is -2.13. The second-order valence-corrected chi connectivity index (χ2v) is 4.58. The van der Waals surface area contributed by atoms with E-state index < -0.39 is 17.8 Å². The molecule has 0 aliphatic carbocycles. The summed E-state index contributed by atoms with van der Waals surface area (Å²) < 4.78 is 0. The van der Waals surface area contributed by atoms with E-state index in [0.29, 0.717) is 10.7 Å². The maximum Gasteiger partial charge on any atom is 0.325 e. The number of imide groups is 1. The molecule has 0 unspecified atom stereocenters. The van der Waals surface area contributed by atoms with E-state index >= 15 is 0 Å². The fraction of sp³-hybridized carbons (Fsp3) is 0.250. The third-order valence-electron chi connectivity index (χ3n) is 2.71. The Kier molecular flexibility index (Phi) is 3.71. The smallest absolute Gasteiger partial charge is 0.325 e. The van der Waals surface area contributed by atoms with Crippen LogP contribution in [-0.4, -0.2) is 35.8 Å². The zero-order valence-corrected chi connectivity index (χ0v) is 11.0. The first-order valence-electron chi connectivity index (χ1n) is 5.61. The fourth-order valence-electron chi connectivity index (χ4n) is 1.68. The van der Waals surface area contributed by atoms with Gasteiger partial charge in [-0.3, -0.25) is 14.5 Å². The van der Waals surface area contributed by atoms with Crippen LogP contribution in [0, 0.1) is 6.92 Å². The molecule has 7 heteroatoms. The molecule has 0 atom stereocenters. The number of rotatable bonds is 3. The summed E-state index contributed by atoms with van der Waals surface area (Å²) in [7, 11) is 0. The van der Waals surface area contributed by atoms with Crippen molar-refractivity contribution in [2.45, 2.75) is 6.92 Å². The summed E-state index contributed by atoms with van der Waals surface area (Å²) in [5.41, 5.74) is 1.40. The van der Waals surface area contributed by atoms with Crippen molar-refractivity contribution >= 4 is 35.1 Å². The largest absolute Gasteiger partial charge is 0.329 e. The summed E-state index contributed by atoms with van der Waals surface area (Å²) in [6.45, 7) is 1.44. The molecule has 0 spiro atoms. The van der Waals surface area contributed by atoms with Crippen molar-refractivity contribution in [3.05, 3.63) is 28.8 Å². The molecule has 1 aromatic carbocycles. The average Bonchev–Trinajstić information content (AvgIpc) is 2.65. The zero-order chi connectivity index (χ0) is 14.0. The molecule has 1 heterocycles. The van der Waals surface area contributed by atoms with E-state index in [4.69, 9.17) is 11.6 Å².